The zero-order valence-electron chi connectivity index (χ0n) is 18.8. The molecule has 1 heterocycles. The third kappa shape index (κ3) is 6.09. The van der Waals surface area contributed by atoms with Crippen LogP contribution in [-0.2, 0) is 37.3 Å². The number of nitrogens with zero attached hydrogens (tertiary/aromatic N) is 2. The van der Waals surface area contributed by atoms with E-state index < -0.39 is 10.0 Å². The highest BCUT2D eigenvalue weighted by atomic mass is 32.2. The van der Waals surface area contributed by atoms with Crippen molar-refractivity contribution in [1.29, 1.82) is 0 Å². The van der Waals surface area contributed by atoms with Gasteiger partial charge < -0.3 is 14.4 Å². The topological polar surface area (TPSA) is 76.2 Å². The van der Waals surface area contributed by atoms with Crippen LogP contribution in [0.4, 0.5) is 5.69 Å². The van der Waals surface area contributed by atoms with E-state index in [1.54, 1.807) is 24.3 Å². The zero-order chi connectivity index (χ0) is 23.0. The van der Waals surface area contributed by atoms with Crippen molar-refractivity contribution in [3.8, 4) is 0 Å². The lowest BCUT2D eigenvalue weighted by Gasteiger charge is -2.26. The van der Waals surface area contributed by atoms with E-state index in [2.05, 4.69) is 18.7 Å². The SMILES string of the molecule is CCN(CC)c1ccccc1COC(=O)CCc1ccc(S(=O)(=O)N2CCOCC2)cc1. The summed E-state index contributed by atoms with van der Waals surface area (Å²) in [6.45, 7) is 7.78. The maximum Gasteiger partial charge on any atom is 0.306 e. The summed E-state index contributed by atoms with van der Waals surface area (Å²) >= 11 is 0. The molecule has 0 spiro atoms. The molecule has 1 fully saturated rings. The van der Waals surface area contributed by atoms with Gasteiger partial charge in [0.1, 0.15) is 6.61 Å². The van der Waals surface area contributed by atoms with Crippen molar-refractivity contribution in [2.24, 2.45) is 0 Å². The average Bonchev–Trinajstić information content (AvgIpc) is 2.83. The summed E-state index contributed by atoms with van der Waals surface area (Å²) in [5, 5.41) is 0. The molecule has 0 radical (unpaired) electrons. The third-order valence-corrected chi connectivity index (χ3v) is 7.55. The Kier molecular flexibility index (Phi) is 8.67. The number of carbonyl (C=O) groups excluding carboxylic acids is 1. The van der Waals surface area contributed by atoms with Crippen LogP contribution < -0.4 is 4.90 Å². The summed E-state index contributed by atoms with van der Waals surface area (Å²) in [5.74, 6) is -0.274. The predicted octanol–water partition coefficient (Wildman–Crippen LogP) is 3.23. The molecule has 1 aliphatic heterocycles. The predicted molar refractivity (Wildman–Crippen MR) is 124 cm³/mol. The highest BCUT2D eigenvalue weighted by Crippen LogP contribution is 2.22. The second-order valence-electron chi connectivity index (χ2n) is 7.62. The van der Waals surface area contributed by atoms with Crippen molar-refractivity contribution in [3.63, 3.8) is 0 Å². The maximum absolute atomic E-state index is 12.7. The number of rotatable bonds is 10. The number of hydrogen-bond acceptors (Lipinski definition) is 6. The molecule has 3 rings (SSSR count). The van der Waals surface area contributed by atoms with Gasteiger partial charge in [-0.15, -0.1) is 0 Å². The molecular weight excluding hydrogens is 428 g/mol. The quantitative estimate of drug-likeness (QED) is 0.507. The highest BCUT2D eigenvalue weighted by molar-refractivity contribution is 7.89. The number of hydrogen-bond donors (Lipinski definition) is 0. The van der Waals surface area contributed by atoms with Gasteiger partial charge in [0.05, 0.1) is 18.1 Å². The van der Waals surface area contributed by atoms with Gasteiger partial charge in [0.15, 0.2) is 0 Å². The Hall–Kier alpha value is -2.42. The number of para-hydroxylation sites is 1. The van der Waals surface area contributed by atoms with Crippen molar-refractivity contribution in [3.05, 3.63) is 59.7 Å². The van der Waals surface area contributed by atoms with Crippen LogP contribution >= 0.6 is 0 Å². The molecule has 1 saturated heterocycles. The first-order chi connectivity index (χ1) is 15.5. The van der Waals surface area contributed by atoms with Crippen LogP contribution in [0.15, 0.2) is 53.4 Å². The Labute approximate surface area is 191 Å². The standard InChI is InChI=1S/C24H32N2O5S/c1-3-25(4-2)23-8-6-5-7-21(23)19-31-24(27)14-11-20-9-12-22(13-10-20)32(28,29)26-15-17-30-18-16-26/h5-10,12-13H,3-4,11,14-19H2,1-2H3. The summed E-state index contributed by atoms with van der Waals surface area (Å²) in [4.78, 5) is 14.8. The van der Waals surface area contributed by atoms with Gasteiger partial charge in [-0.1, -0.05) is 30.3 Å². The molecule has 0 atom stereocenters. The fraction of sp³-hybridized carbons (Fsp3) is 0.458. The van der Waals surface area contributed by atoms with E-state index >= 15 is 0 Å². The number of benzene rings is 2. The first kappa shape index (κ1) is 24.2. The van der Waals surface area contributed by atoms with Crippen molar-refractivity contribution < 1.29 is 22.7 Å². The van der Waals surface area contributed by atoms with Crippen LogP contribution in [0.3, 0.4) is 0 Å². The number of carbonyl (C=O) groups is 1. The van der Waals surface area contributed by atoms with Crippen LogP contribution in [0.5, 0.6) is 0 Å². The number of sulfonamides is 1. The second-order valence-corrected chi connectivity index (χ2v) is 9.56. The lowest BCUT2D eigenvalue weighted by atomic mass is 10.1. The van der Waals surface area contributed by atoms with Crippen molar-refractivity contribution in [1.82, 2.24) is 4.31 Å². The fourth-order valence-electron chi connectivity index (χ4n) is 3.75. The van der Waals surface area contributed by atoms with E-state index in [1.165, 1.54) is 4.31 Å². The van der Waals surface area contributed by atoms with Gasteiger partial charge in [0, 0.05) is 43.9 Å². The molecule has 8 heteroatoms. The minimum atomic E-state index is -3.51. The summed E-state index contributed by atoms with van der Waals surface area (Å²) in [5.41, 5.74) is 2.97. The maximum atomic E-state index is 12.7. The minimum Gasteiger partial charge on any atom is -0.461 e. The fourth-order valence-corrected chi connectivity index (χ4v) is 5.15. The largest absolute Gasteiger partial charge is 0.461 e. The number of anilines is 1. The molecule has 2 aromatic rings. The van der Waals surface area contributed by atoms with Crippen molar-refractivity contribution in [2.45, 2.75) is 38.2 Å². The van der Waals surface area contributed by atoms with E-state index in [4.69, 9.17) is 9.47 Å². The Morgan fingerprint density at radius 2 is 1.69 bits per heavy atom. The van der Waals surface area contributed by atoms with Gasteiger partial charge in [0.2, 0.25) is 10.0 Å². The molecule has 0 aromatic heterocycles. The van der Waals surface area contributed by atoms with E-state index in [0.717, 1.165) is 29.9 Å². The molecule has 32 heavy (non-hydrogen) atoms. The van der Waals surface area contributed by atoms with Crippen molar-refractivity contribution in [2.75, 3.05) is 44.3 Å². The smallest absolute Gasteiger partial charge is 0.306 e. The molecular formula is C24H32N2O5S. The van der Waals surface area contributed by atoms with Gasteiger partial charge >= 0.3 is 5.97 Å². The van der Waals surface area contributed by atoms with Crippen LogP contribution in [0.2, 0.25) is 0 Å². The molecule has 0 amide bonds. The Morgan fingerprint density at radius 3 is 2.34 bits per heavy atom. The summed E-state index contributed by atoms with van der Waals surface area (Å²) in [7, 11) is -3.51. The molecule has 0 aliphatic carbocycles. The molecule has 0 unspecified atom stereocenters. The van der Waals surface area contributed by atoms with Gasteiger partial charge in [0.25, 0.3) is 0 Å². The number of aryl methyl sites for hydroxylation is 1. The number of ether oxygens (including phenoxy) is 2. The average molecular weight is 461 g/mol. The van der Waals surface area contributed by atoms with E-state index in [0.29, 0.717) is 32.7 Å². The molecule has 174 valence electrons. The Bertz CT molecular complexity index is 982. The molecule has 0 saturated carbocycles. The Morgan fingerprint density at radius 1 is 1.03 bits per heavy atom. The van der Waals surface area contributed by atoms with Crippen molar-refractivity contribution >= 4 is 21.7 Å². The Balaban J connectivity index is 1.52. The lowest BCUT2D eigenvalue weighted by molar-refractivity contribution is -0.144. The summed E-state index contributed by atoms with van der Waals surface area (Å²) in [6.07, 6.45) is 0.734. The molecule has 0 N–H and O–H groups in total. The van der Waals surface area contributed by atoms with Gasteiger partial charge in [-0.2, -0.15) is 4.31 Å². The highest BCUT2D eigenvalue weighted by Gasteiger charge is 2.26. The first-order valence-electron chi connectivity index (χ1n) is 11.1. The molecule has 1 aliphatic rings. The lowest BCUT2D eigenvalue weighted by Crippen LogP contribution is -2.40. The second kappa shape index (κ2) is 11.4. The van der Waals surface area contributed by atoms with Crippen LogP contribution in [0, 0.1) is 0 Å². The monoisotopic (exact) mass is 460 g/mol. The number of morpholine rings is 1. The number of esters is 1. The van der Waals surface area contributed by atoms with Crippen LogP contribution in [0.1, 0.15) is 31.4 Å². The normalized spacial score (nSPS) is 14.8. The van der Waals surface area contributed by atoms with Crippen LogP contribution in [-0.4, -0.2) is 58.1 Å². The third-order valence-electron chi connectivity index (χ3n) is 5.63. The summed E-state index contributed by atoms with van der Waals surface area (Å²) in [6, 6.07) is 14.7. The first-order valence-corrected chi connectivity index (χ1v) is 12.5. The van der Waals surface area contributed by atoms with Gasteiger partial charge in [-0.3, -0.25) is 4.79 Å². The molecule has 7 nitrogen and oxygen atoms in total. The van der Waals surface area contributed by atoms with Crippen LogP contribution in [0.25, 0.3) is 0 Å². The van der Waals surface area contributed by atoms with E-state index in [-0.39, 0.29) is 23.9 Å². The van der Waals surface area contributed by atoms with E-state index in [1.807, 2.05) is 24.3 Å². The van der Waals surface area contributed by atoms with E-state index in [9.17, 15) is 13.2 Å². The summed E-state index contributed by atoms with van der Waals surface area (Å²) < 4.78 is 37.6. The zero-order valence-corrected chi connectivity index (χ0v) is 19.6. The minimum absolute atomic E-state index is 0.238. The van der Waals surface area contributed by atoms with Gasteiger partial charge in [-0.25, -0.2) is 8.42 Å². The molecule has 2 aromatic carbocycles. The molecule has 0 bridgehead atoms. The van der Waals surface area contributed by atoms with Gasteiger partial charge in [-0.05, 0) is 44.0 Å².